The van der Waals surface area contributed by atoms with Crippen LogP contribution in [0.15, 0.2) is 36.4 Å². The summed E-state index contributed by atoms with van der Waals surface area (Å²) >= 11 is 0. The van der Waals surface area contributed by atoms with Crippen molar-refractivity contribution in [2.75, 3.05) is 60.7 Å². The van der Waals surface area contributed by atoms with Crippen LogP contribution in [0.1, 0.15) is 128 Å². The van der Waals surface area contributed by atoms with Crippen LogP contribution < -0.4 is 36.1 Å². The second-order valence-corrected chi connectivity index (χ2v) is 16.4. The van der Waals surface area contributed by atoms with E-state index in [1.165, 1.54) is 27.8 Å². The van der Waals surface area contributed by atoms with Gasteiger partial charge in [-0.2, -0.15) is 19.9 Å². The van der Waals surface area contributed by atoms with E-state index in [9.17, 15) is 9.59 Å². The first-order valence-corrected chi connectivity index (χ1v) is 21.4. The van der Waals surface area contributed by atoms with Crippen molar-refractivity contribution in [3.05, 3.63) is 80.9 Å². The van der Waals surface area contributed by atoms with Crippen LogP contribution in [-0.2, 0) is 61.5 Å². The van der Waals surface area contributed by atoms with Crippen molar-refractivity contribution in [3.8, 4) is 12.0 Å². The molecular formula is C49H76N10O4. The van der Waals surface area contributed by atoms with Gasteiger partial charge in [0.15, 0.2) is 11.6 Å². The van der Waals surface area contributed by atoms with Crippen molar-refractivity contribution in [1.29, 1.82) is 0 Å². The van der Waals surface area contributed by atoms with Gasteiger partial charge >= 0.3 is 12.0 Å². The fourth-order valence-electron chi connectivity index (χ4n) is 8.13. The van der Waals surface area contributed by atoms with Crippen LogP contribution in [0, 0.1) is 0 Å². The molecule has 2 aromatic heterocycles. The number of fused-ring (bicyclic) bond motifs is 4. The fraction of sp³-hybridized carbons (Fsp3) is 0.551. The first kappa shape index (κ1) is 52.0. The van der Waals surface area contributed by atoms with E-state index in [-0.39, 0.29) is 54.1 Å². The van der Waals surface area contributed by atoms with E-state index in [1.54, 1.807) is 0 Å². The lowest BCUT2D eigenvalue weighted by Crippen LogP contribution is -2.37. The highest BCUT2D eigenvalue weighted by molar-refractivity contribution is 5.92. The molecule has 6 heterocycles. The van der Waals surface area contributed by atoms with Crippen LogP contribution in [0.5, 0.6) is 12.0 Å². The summed E-state index contributed by atoms with van der Waals surface area (Å²) in [6.07, 6.45) is 6.64. The van der Waals surface area contributed by atoms with Crippen LogP contribution in [0.4, 0.5) is 23.3 Å². The Hall–Kier alpha value is -5.34. The molecule has 0 saturated carbocycles. The summed E-state index contributed by atoms with van der Waals surface area (Å²) in [5, 5.41) is 3.41. The zero-order chi connectivity index (χ0) is 41.5. The van der Waals surface area contributed by atoms with Crippen molar-refractivity contribution in [3.63, 3.8) is 0 Å². The first-order valence-electron chi connectivity index (χ1n) is 21.4. The predicted octanol–water partition coefficient (Wildman–Crippen LogP) is 7.70. The number of hydrogen-bond acceptors (Lipinski definition) is 14. The minimum atomic E-state index is 0. The maximum atomic E-state index is 12.4. The number of ketones is 2. The largest absolute Gasteiger partial charge is 0.463 e. The molecule has 5 N–H and O–H groups in total. The van der Waals surface area contributed by atoms with Gasteiger partial charge in [0.2, 0.25) is 0 Å². The van der Waals surface area contributed by atoms with Gasteiger partial charge in [-0.3, -0.25) is 14.5 Å². The molecule has 4 aliphatic heterocycles. The molecular weight excluding hydrogens is 793 g/mol. The molecule has 63 heavy (non-hydrogen) atoms. The van der Waals surface area contributed by atoms with Gasteiger partial charge in [-0.1, -0.05) is 92.8 Å². The number of aromatic nitrogens is 4. The molecule has 0 saturated heterocycles. The number of unbranched alkanes of at least 4 members (excludes halogenated alkanes) is 2. The molecule has 0 fully saturated rings. The molecule has 0 bridgehead atoms. The van der Waals surface area contributed by atoms with Gasteiger partial charge in [-0.15, -0.1) is 0 Å². The predicted molar refractivity (Wildman–Crippen MR) is 258 cm³/mol. The van der Waals surface area contributed by atoms with Crippen molar-refractivity contribution in [2.45, 2.75) is 141 Å². The lowest BCUT2D eigenvalue weighted by molar-refractivity contribution is -0.118. The number of carbonyl (C=O) groups is 2. The summed E-state index contributed by atoms with van der Waals surface area (Å²) in [5.41, 5.74) is 21.6. The number of ether oxygens (including phenoxy) is 2. The third kappa shape index (κ3) is 12.9. The maximum Gasteiger partial charge on any atom is 0.320 e. The monoisotopic (exact) mass is 869 g/mol. The molecule has 8 rings (SSSR count). The highest BCUT2D eigenvalue weighted by Gasteiger charge is 2.30. The SMILES string of the molecule is C.C.C.C.CCCCOc1nc(N)c2c(n1)N(Cc1ccc3c(c1)CN(C(C)C)CC3)CC(=O)C2.CCCCOc1nc(N)c2c(n1)N(Cc1ccc3c(c1)CNCC3)CC(=O)C2. The molecule has 2 aromatic carbocycles. The van der Waals surface area contributed by atoms with E-state index in [0.717, 1.165) is 81.9 Å². The van der Waals surface area contributed by atoms with E-state index in [4.69, 9.17) is 20.9 Å². The van der Waals surface area contributed by atoms with Gasteiger partial charge in [0.25, 0.3) is 0 Å². The van der Waals surface area contributed by atoms with Crippen LogP contribution >= 0.6 is 0 Å². The Kier molecular flexibility index (Phi) is 19.7. The van der Waals surface area contributed by atoms with Gasteiger partial charge in [-0.25, -0.2) is 0 Å². The maximum absolute atomic E-state index is 12.4. The van der Waals surface area contributed by atoms with Crippen molar-refractivity contribution < 1.29 is 19.1 Å². The zero-order valence-electron chi connectivity index (χ0n) is 35.2. The number of hydrogen-bond donors (Lipinski definition) is 3. The van der Waals surface area contributed by atoms with Crippen molar-refractivity contribution in [1.82, 2.24) is 30.2 Å². The number of Topliss-reactive ketones (excluding diaryl/α,β-unsaturated/α-hetero) is 2. The van der Waals surface area contributed by atoms with E-state index in [2.05, 4.69) is 94.2 Å². The molecule has 0 amide bonds. The number of carbonyl (C=O) groups excluding carboxylic acids is 2. The zero-order valence-corrected chi connectivity index (χ0v) is 35.2. The minimum Gasteiger partial charge on any atom is -0.463 e. The molecule has 14 nitrogen and oxygen atoms in total. The summed E-state index contributed by atoms with van der Waals surface area (Å²) < 4.78 is 11.4. The van der Waals surface area contributed by atoms with E-state index in [0.29, 0.717) is 80.2 Å². The smallest absolute Gasteiger partial charge is 0.320 e. The second-order valence-electron chi connectivity index (χ2n) is 16.4. The van der Waals surface area contributed by atoms with Crippen LogP contribution in [0.2, 0.25) is 0 Å². The van der Waals surface area contributed by atoms with Gasteiger partial charge in [0.1, 0.15) is 23.3 Å². The Balaban J connectivity index is 0.000000317. The number of anilines is 4. The Bertz CT molecular complexity index is 2140. The Morgan fingerprint density at radius 2 is 1.16 bits per heavy atom. The van der Waals surface area contributed by atoms with E-state index < -0.39 is 0 Å². The first-order chi connectivity index (χ1) is 28.6. The number of nitrogens with one attached hydrogen (secondary N) is 1. The molecule has 346 valence electrons. The number of nitrogens with zero attached hydrogens (tertiary/aromatic N) is 7. The molecule has 0 atom stereocenters. The van der Waals surface area contributed by atoms with E-state index in [1.807, 2.05) is 9.80 Å². The van der Waals surface area contributed by atoms with Gasteiger partial charge in [0, 0.05) is 62.7 Å². The minimum absolute atomic E-state index is 0. The quantitative estimate of drug-likeness (QED) is 0.111. The standard InChI is InChI=1S/C24H33N5O2.C21H27N5O2.4CH4/c1-4-5-10-31-24-26-22(25)21-12-20(30)15-29(23(21)27-24)13-17-6-7-18-8-9-28(16(2)3)14-19(18)11-17;1-2-3-8-28-21-24-19(22)18-10-17(27)13-26(20(18)25-21)12-14-4-5-15-6-7-23-11-16(15)9-14;;;;/h6-7,11,16H,4-5,8-10,12-15H2,1-3H3,(H2,25,26,27);4-5,9,23H,2-3,6-8,10-13H2,1H3,(H2,22,24,25);4*1H4. The number of nitrogens with two attached hydrogens (primary N) is 2. The van der Waals surface area contributed by atoms with Crippen molar-refractivity contribution in [2.24, 2.45) is 0 Å². The Morgan fingerprint density at radius 3 is 1.65 bits per heavy atom. The van der Waals surface area contributed by atoms with Gasteiger partial charge in [-0.05, 0) is 79.5 Å². The third-order valence-corrected chi connectivity index (χ3v) is 11.5. The summed E-state index contributed by atoms with van der Waals surface area (Å²) in [6, 6.07) is 14.4. The third-order valence-electron chi connectivity index (χ3n) is 11.5. The summed E-state index contributed by atoms with van der Waals surface area (Å²) in [4.78, 5) is 49.0. The molecule has 0 radical (unpaired) electrons. The fourth-order valence-corrected chi connectivity index (χ4v) is 8.13. The topological polar surface area (TPSA) is 178 Å². The lowest BCUT2D eigenvalue weighted by atomic mass is 9.96. The van der Waals surface area contributed by atoms with Gasteiger partial charge < -0.3 is 36.1 Å². The average molecular weight is 869 g/mol. The number of nitrogen functional groups attached to an aromatic ring is 2. The molecule has 4 aliphatic rings. The van der Waals surface area contributed by atoms with Crippen molar-refractivity contribution >= 4 is 34.8 Å². The van der Waals surface area contributed by atoms with Crippen LogP contribution in [0.3, 0.4) is 0 Å². The highest BCUT2D eigenvalue weighted by Crippen LogP contribution is 2.33. The summed E-state index contributed by atoms with van der Waals surface area (Å²) in [5.74, 6) is 2.37. The van der Waals surface area contributed by atoms with E-state index >= 15 is 0 Å². The van der Waals surface area contributed by atoms with Crippen LogP contribution in [0.25, 0.3) is 0 Å². The summed E-state index contributed by atoms with van der Waals surface area (Å²) in [7, 11) is 0. The second kappa shape index (κ2) is 23.9. The molecule has 0 unspecified atom stereocenters. The Labute approximate surface area is 377 Å². The average Bonchev–Trinajstić information content (AvgIpc) is 3.22. The molecule has 4 aromatic rings. The Morgan fingerprint density at radius 1 is 0.667 bits per heavy atom. The molecule has 0 spiro atoms. The number of benzene rings is 2. The summed E-state index contributed by atoms with van der Waals surface area (Å²) in [6.45, 7) is 15.7. The normalized spacial score (nSPS) is 15.1. The highest BCUT2D eigenvalue weighted by atomic mass is 16.5. The lowest BCUT2D eigenvalue weighted by Gasteiger charge is -2.33. The molecule has 0 aliphatic carbocycles. The number of rotatable bonds is 13. The molecule has 14 heteroatoms. The van der Waals surface area contributed by atoms with Crippen LogP contribution in [-0.4, -0.2) is 81.8 Å². The van der Waals surface area contributed by atoms with Gasteiger partial charge in [0.05, 0.1) is 26.3 Å².